The highest BCUT2D eigenvalue weighted by atomic mass is 19.1. The Hall–Kier alpha value is -4.18. The van der Waals surface area contributed by atoms with Gasteiger partial charge in [-0.15, -0.1) is 5.10 Å². The lowest BCUT2D eigenvalue weighted by Gasteiger charge is -2.32. The number of fused-ring (bicyclic) bond motifs is 1. The molecule has 0 spiro atoms. The van der Waals surface area contributed by atoms with Crippen molar-refractivity contribution in [2.45, 2.75) is 44.1 Å². The van der Waals surface area contributed by atoms with Crippen LogP contribution in [0.3, 0.4) is 0 Å². The maximum atomic E-state index is 14.5. The number of piperidine rings is 1. The first-order chi connectivity index (χ1) is 19.2. The summed E-state index contributed by atoms with van der Waals surface area (Å²) >= 11 is 0. The second kappa shape index (κ2) is 9.85. The molecule has 39 heavy (non-hydrogen) atoms. The van der Waals surface area contributed by atoms with Crippen molar-refractivity contribution in [1.82, 2.24) is 40.1 Å². The average molecular weight is 525 g/mol. The van der Waals surface area contributed by atoms with Gasteiger partial charge in [0, 0.05) is 53.8 Å². The molecule has 198 valence electrons. The van der Waals surface area contributed by atoms with Crippen molar-refractivity contribution < 1.29 is 9.13 Å². The van der Waals surface area contributed by atoms with Crippen molar-refractivity contribution >= 4 is 10.9 Å². The van der Waals surface area contributed by atoms with Crippen molar-refractivity contribution in [3.05, 3.63) is 77.9 Å². The largest absolute Gasteiger partial charge is 0.496 e. The van der Waals surface area contributed by atoms with Crippen LogP contribution in [-0.2, 0) is 6.54 Å². The molecule has 1 N–H and O–H groups in total. The van der Waals surface area contributed by atoms with Gasteiger partial charge in [0.1, 0.15) is 23.1 Å². The van der Waals surface area contributed by atoms with Gasteiger partial charge < -0.3 is 4.74 Å². The number of nitrogens with one attached hydrogen (secondary N) is 1. The topological polar surface area (TPSA) is 97.6 Å². The predicted molar refractivity (Wildman–Crippen MR) is 144 cm³/mol. The quantitative estimate of drug-likeness (QED) is 0.320. The number of methoxy groups -OCH3 is 1. The highest BCUT2D eigenvalue weighted by Crippen LogP contribution is 2.38. The third kappa shape index (κ3) is 4.65. The SMILES string of the molecule is COc1cccc(F)c1CN1CCC[C@@H](c2cn(-c3ccc4[nH]nc(-c5cnc(C6CC6)nc5)c4c3)nn2)C1. The minimum atomic E-state index is -0.234. The van der Waals surface area contributed by atoms with E-state index in [2.05, 4.69) is 41.4 Å². The lowest BCUT2D eigenvalue weighted by atomic mass is 9.95. The zero-order valence-electron chi connectivity index (χ0n) is 21.7. The minimum absolute atomic E-state index is 0.223. The molecule has 2 aromatic carbocycles. The summed E-state index contributed by atoms with van der Waals surface area (Å²) in [5, 5.41) is 17.6. The number of aromatic amines is 1. The Bertz CT molecular complexity index is 1620. The summed E-state index contributed by atoms with van der Waals surface area (Å²) < 4.78 is 21.8. The van der Waals surface area contributed by atoms with Gasteiger partial charge in [-0.3, -0.25) is 10.00 Å². The van der Waals surface area contributed by atoms with Gasteiger partial charge in [0.2, 0.25) is 0 Å². The molecular formula is C29H29FN8O. The molecule has 1 saturated heterocycles. The van der Waals surface area contributed by atoms with Crippen molar-refractivity contribution in [3.63, 3.8) is 0 Å². The Kier molecular flexibility index (Phi) is 6.04. The second-order valence-corrected chi connectivity index (χ2v) is 10.5. The fraction of sp³-hybridized carbons (Fsp3) is 0.345. The monoisotopic (exact) mass is 524 g/mol. The molecule has 1 atom stereocenters. The van der Waals surface area contributed by atoms with Crippen LogP contribution in [0.5, 0.6) is 5.75 Å². The highest BCUT2D eigenvalue weighted by molar-refractivity contribution is 5.93. The number of likely N-dealkylation sites (tertiary alicyclic amines) is 1. The molecule has 0 bridgehead atoms. The molecule has 1 saturated carbocycles. The first kappa shape index (κ1) is 23.9. The van der Waals surface area contributed by atoms with Gasteiger partial charge in [-0.2, -0.15) is 5.10 Å². The van der Waals surface area contributed by atoms with Crippen LogP contribution in [0.1, 0.15) is 54.6 Å². The zero-order chi connectivity index (χ0) is 26.3. The summed E-state index contributed by atoms with van der Waals surface area (Å²) in [6.07, 6.45) is 10.1. The van der Waals surface area contributed by atoms with E-state index in [1.54, 1.807) is 13.2 Å². The van der Waals surface area contributed by atoms with E-state index < -0.39 is 0 Å². The molecular weight excluding hydrogens is 495 g/mol. The molecule has 0 radical (unpaired) electrons. The summed E-state index contributed by atoms with van der Waals surface area (Å²) in [6.45, 7) is 2.21. The number of benzene rings is 2. The lowest BCUT2D eigenvalue weighted by Crippen LogP contribution is -2.34. The van der Waals surface area contributed by atoms with Gasteiger partial charge in [0.25, 0.3) is 0 Å². The van der Waals surface area contributed by atoms with Crippen LogP contribution in [0.2, 0.25) is 0 Å². The third-order valence-electron chi connectivity index (χ3n) is 7.81. The maximum absolute atomic E-state index is 14.5. The van der Waals surface area contributed by atoms with Gasteiger partial charge >= 0.3 is 0 Å². The molecule has 0 amide bonds. The first-order valence-corrected chi connectivity index (χ1v) is 13.4. The standard InChI is InChI=1S/C29H29FN8O/c1-39-27-6-2-5-24(30)23(27)16-37-11-3-4-19(15-37)26-17-38(36-34-26)21-9-10-25-22(12-21)28(35-33-25)20-13-31-29(32-14-20)18-7-8-18/h2,5-6,9-10,12-14,17-19H,3-4,7-8,11,15-16H2,1H3,(H,33,35)/t19-/m1/s1. The average Bonchev–Trinajstić information content (AvgIpc) is 3.55. The zero-order valence-corrected chi connectivity index (χ0v) is 21.7. The van der Waals surface area contributed by atoms with Gasteiger partial charge in [0.15, 0.2) is 0 Å². The number of hydrogen-bond donors (Lipinski definition) is 1. The van der Waals surface area contributed by atoms with Crippen LogP contribution in [0.4, 0.5) is 4.39 Å². The fourth-order valence-corrected chi connectivity index (χ4v) is 5.51. The maximum Gasteiger partial charge on any atom is 0.131 e. The number of H-pyrrole nitrogens is 1. The Morgan fingerprint density at radius 1 is 1.08 bits per heavy atom. The molecule has 1 aliphatic heterocycles. The van der Waals surface area contributed by atoms with Crippen LogP contribution in [0.25, 0.3) is 27.8 Å². The van der Waals surface area contributed by atoms with Crippen LogP contribution >= 0.6 is 0 Å². The highest BCUT2D eigenvalue weighted by Gasteiger charge is 2.27. The van der Waals surface area contributed by atoms with Crippen molar-refractivity contribution in [2.24, 2.45) is 0 Å². The number of aromatic nitrogens is 7. The molecule has 4 heterocycles. The lowest BCUT2D eigenvalue weighted by molar-refractivity contribution is 0.194. The van der Waals surface area contributed by atoms with Crippen molar-refractivity contribution in [1.29, 1.82) is 0 Å². The molecule has 9 nitrogen and oxygen atoms in total. The Balaban J connectivity index is 1.11. The summed E-state index contributed by atoms with van der Waals surface area (Å²) in [5.74, 6) is 2.01. The van der Waals surface area contributed by atoms with Crippen LogP contribution in [-0.4, -0.2) is 60.3 Å². The first-order valence-electron chi connectivity index (χ1n) is 13.4. The van der Waals surface area contributed by atoms with Gasteiger partial charge in [-0.05, 0) is 62.6 Å². The van der Waals surface area contributed by atoms with Crippen LogP contribution in [0, 0.1) is 5.82 Å². The predicted octanol–water partition coefficient (Wildman–Crippen LogP) is 5.01. The molecule has 2 fully saturated rings. The normalized spacial score (nSPS) is 18.1. The molecule has 10 heteroatoms. The summed E-state index contributed by atoms with van der Waals surface area (Å²) in [4.78, 5) is 11.4. The number of hydrogen-bond acceptors (Lipinski definition) is 7. The minimum Gasteiger partial charge on any atom is -0.496 e. The van der Waals surface area contributed by atoms with E-state index in [4.69, 9.17) is 4.74 Å². The van der Waals surface area contributed by atoms with Gasteiger partial charge in [0.05, 0.1) is 30.2 Å². The second-order valence-electron chi connectivity index (χ2n) is 10.5. The Labute approximate surface area is 225 Å². The van der Waals surface area contributed by atoms with Crippen molar-refractivity contribution in [3.8, 4) is 22.7 Å². The Morgan fingerprint density at radius 2 is 1.95 bits per heavy atom. The van der Waals surface area contributed by atoms with E-state index >= 15 is 0 Å². The molecule has 2 aliphatic rings. The van der Waals surface area contributed by atoms with E-state index in [1.165, 1.54) is 18.9 Å². The fourth-order valence-electron chi connectivity index (χ4n) is 5.51. The van der Waals surface area contributed by atoms with E-state index in [1.807, 2.05) is 41.5 Å². The summed E-state index contributed by atoms with van der Waals surface area (Å²) in [5.41, 5.74) is 5.09. The van der Waals surface area contributed by atoms with Gasteiger partial charge in [-0.1, -0.05) is 11.3 Å². The molecule has 1 aliphatic carbocycles. The van der Waals surface area contributed by atoms with Crippen LogP contribution < -0.4 is 4.74 Å². The number of nitrogens with zero attached hydrogens (tertiary/aromatic N) is 7. The number of ether oxygens (including phenoxy) is 1. The van der Waals surface area contributed by atoms with E-state index in [0.29, 0.717) is 23.8 Å². The third-order valence-corrected chi connectivity index (χ3v) is 7.81. The van der Waals surface area contributed by atoms with Crippen molar-refractivity contribution in [2.75, 3.05) is 20.2 Å². The Morgan fingerprint density at radius 3 is 2.77 bits per heavy atom. The van der Waals surface area contributed by atoms with E-state index in [0.717, 1.165) is 65.3 Å². The summed E-state index contributed by atoms with van der Waals surface area (Å²) in [7, 11) is 1.58. The molecule has 0 unspecified atom stereocenters. The smallest absolute Gasteiger partial charge is 0.131 e. The molecule has 3 aromatic heterocycles. The summed E-state index contributed by atoms with van der Waals surface area (Å²) in [6, 6.07) is 11.1. The molecule has 7 rings (SSSR count). The number of halogens is 1. The molecule has 5 aromatic rings. The van der Waals surface area contributed by atoms with E-state index in [-0.39, 0.29) is 11.7 Å². The van der Waals surface area contributed by atoms with Gasteiger partial charge in [-0.25, -0.2) is 19.0 Å². The number of rotatable bonds is 7. The van der Waals surface area contributed by atoms with E-state index in [9.17, 15) is 4.39 Å². The van der Waals surface area contributed by atoms with Crippen LogP contribution in [0.15, 0.2) is 55.0 Å².